The molecule has 0 saturated carbocycles. The molecule has 0 aromatic carbocycles. The first-order valence-electron chi connectivity index (χ1n) is 4.21. The van der Waals surface area contributed by atoms with Crippen LogP contribution < -0.4 is 0 Å². The van der Waals surface area contributed by atoms with Crippen LogP contribution in [0, 0.1) is 0 Å². The Bertz CT molecular complexity index is 242. The summed E-state index contributed by atoms with van der Waals surface area (Å²) in [5, 5.41) is 0. The second-order valence-corrected chi connectivity index (χ2v) is 4.84. The average Bonchev–Trinajstić information content (AvgIpc) is 2.01. The predicted octanol–water partition coefficient (Wildman–Crippen LogP) is 2.74. The van der Waals surface area contributed by atoms with E-state index >= 15 is 0 Å². The summed E-state index contributed by atoms with van der Waals surface area (Å²) in [5.41, 5.74) is -0.214. The lowest BCUT2D eigenvalue weighted by atomic mass is 10.1. The Morgan fingerprint density at radius 3 is 2.62 bits per heavy atom. The van der Waals surface area contributed by atoms with E-state index in [0.29, 0.717) is 0 Å². The van der Waals surface area contributed by atoms with Crippen molar-refractivity contribution in [3.05, 3.63) is 12.0 Å². The number of allylic oxidation sites excluding steroid dienone is 1. The molecule has 0 fully saturated rings. The van der Waals surface area contributed by atoms with Gasteiger partial charge in [0.25, 0.3) is 0 Å². The molecule has 0 radical (unpaired) electrons. The van der Waals surface area contributed by atoms with E-state index in [4.69, 9.17) is 0 Å². The molecule has 4 heteroatoms. The maximum atomic E-state index is 13.5. The zero-order valence-corrected chi connectivity index (χ0v) is 10.2. The van der Waals surface area contributed by atoms with Gasteiger partial charge in [0, 0.05) is 22.3 Å². The van der Waals surface area contributed by atoms with Crippen molar-refractivity contribution in [2.24, 2.45) is 4.99 Å². The molecule has 2 nitrogen and oxygen atoms in total. The van der Waals surface area contributed by atoms with Crippen LogP contribution in [-0.4, -0.2) is 27.2 Å². The van der Waals surface area contributed by atoms with Gasteiger partial charge in [0.1, 0.15) is 6.17 Å². The largest absolute Gasteiger partial charge is 0.321 e. The zero-order valence-electron chi connectivity index (χ0n) is 8.09. The molecule has 0 aromatic rings. The summed E-state index contributed by atoms with van der Waals surface area (Å²) in [6, 6.07) is 0. The number of rotatable bonds is 1. The maximum Gasteiger partial charge on any atom is 0.193 e. The van der Waals surface area contributed by atoms with E-state index in [1.165, 1.54) is 6.08 Å². The lowest BCUT2D eigenvalue weighted by Gasteiger charge is -2.40. The molecule has 1 atom stereocenters. The SMILES string of the molecule is CC(C)(C)N1C(F)=CC=NC1CI. The number of halogens is 2. The van der Waals surface area contributed by atoms with Crippen molar-refractivity contribution in [3.8, 4) is 0 Å². The summed E-state index contributed by atoms with van der Waals surface area (Å²) in [7, 11) is 0. The summed E-state index contributed by atoms with van der Waals surface area (Å²) in [6.07, 6.45) is 2.89. The van der Waals surface area contributed by atoms with Crippen LogP contribution in [0.15, 0.2) is 17.0 Å². The van der Waals surface area contributed by atoms with E-state index in [1.807, 2.05) is 20.8 Å². The molecule has 0 amide bonds. The van der Waals surface area contributed by atoms with Gasteiger partial charge in [0.2, 0.25) is 0 Å². The monoisotopic (exact) mass is 296 g/mol. The molecule has 1 aliphatic rings. The molecule has 74 valence electrons. The number of alkyl halides is 1. The van der Waals surface area contributed by atoms with E-state index < -0.39 is 0 Å². The van der Waals surface area contributed by atoms with Gasteiger partial charge >= 0.3 is 0 Å². The van der Waals surface area contributed by atoms with Crippen LogP contribution in [0.25, 0.3) is 0 Å². The van der Waals surface area contributed by atoms with E-state index in [9.17, 15) is 4.39 Å². The number of aliphatic imine (C=N–C) groups is 1. The molecule has 0 spiro atoms. The Balaban J connectivity index is 2.91. The lowest BCUT2D eigenvalue weighted by Crippen LogP contribution is -2.47. The minimum Gasteiger partial charge on any atom is -0.321 e. The molecule has 0 aromatic heterocycles. The lowest BCUT2D eigenvalue weighted by molar-refractivity contribution is 0.105. The van der Waals surface area contributed by atoms with Gasteiger partial charge in [-0.25, -0.2) is 0 Å². The molecule has 1 unspecified atom stereocenters. The van der Waals surface area contributed by atoms with Gasteiger partial charge in [-0.3, -0.25) is 4.99 Å². The molecule has 1 heterocycles. The summed E-state index contributed by atoms with van der Waals surface area (Å²) >= 11 is 2.22. The first kappa shape index (κ1) is 10.9. The Morgan fingerprint density at radius 1 is 1.62 bits per heavy atom. The van der Waals surface area contributed by atoms with Crippen LogP contribution in [0.5, 0.6) is 0 Å². The minimum atomic E-state index is -0.214. The summed E-state index contributed by atoms with van der Waals surface area (Å²) in [4.78, 5) is 5.93. The first-order chi connectivity index (χ1) is 5.96. The van der Waals surface area contributed by atoms with Crippen LogP contribution in [-0.2, 0) is 0 Å². The van der Waals surface area contributed by atoms with Crippen molar-refractivity contribution in [3.63, 3.8) is 0 Å². The van der Waals surface area contributed by atoms with Crippen molar-refractivity contribution in [1.82, 2.24) is 4.90 Å². The minimum absolute atomic E-state index is 0.0643. The third-order valence-electron chi connectivity index (χ3n) is 1.86. The average molecular weight is 296 g/mol. The fraction of sp³-hybridized carbons (Fsp3) is 0.667. The maximum absolute atomic E-state index is 13.5. The van der Waals surface area contributed by atoms with Gasteiger partial charge in [-0.2, -0.15) is 4.39 Å². The Morgan fingerprint density at radius 2 is 2.23 bits per heavy atom. The van der Waals surface area contributed by atoms with Crippen molar-refractivity contribution >= 4 is 28.8 Å². The highest BCUT2D eigenvalue weighted by Gasteiger charge is 2.31. The summed E-state index contributed by atoms with van der Waals surface area (Å²) in [6.45, 7) is 5.96. The van der Waals surface area contributed by atoms with Crippen LogP contribution in [0.3, 0.4) is 0 Å². The second-order valence-electron chi connectivity index (χ2n) is 3.96. The smallest absolute Gasteiger partial charge is 0.193 e. The highest BCUT2D eigenvalue weighted by molar-refractivity contribution is 14.1. The summed E-state index contributed by atoms with van der Waals surface area (Å²) in [5.74, 6) is -0.191. The number of nitrogens with zero attached hydrogens (tertiary/aromatic N) is 2. The van der Waals surface area contributed by atoms with Crippen molar-refractivity contribution < 1.29 is 4.39 Å². The molecular formula is C9H14FIN2. The zero-order chi connectivity index (χ0) is 10.1. The van der Waals surface area contributed by atoms with Crippen molar-refractivity contribution in [2.45, 2.75) is 32.5 Å². The quantitative estimate of drug-likeness (QED) is 0.413. The van der Waals surface area contributed by atoms with Gasteiger partial charge in [-0.15, -0.1) is 0 Å². The Labute approximate surface area is 92.0 Å². The van der Waals surface area contributed by atoms with Crippen LogP contribution >= 0.6 is 22.6 Å². The van der Waals surface area contributed by atoms with Gasteiger partial charge in [0.05, 0.1) is 0 Å². The molecule has 0 saturated heterocycles. The van der Waals surface area contributed by atoms with Crippen LogP contribution in [0.4, 0.5) is 4.39 Å². The predicted molar refractivity (Wildman–Crippen MR) is 62.0 cm³/mol. The second kappa shape index (κ2) is 3.94. The fourth-order valence-corrected chi connectivity index (χ4v) is 1.99. The Kier molecular flexibility index (Phi) is 3.32. The van der Waals surface area contributed by atoms with Gasteiger partial charge in [-0.1, -0.05) is 22.6 Å². The molecule has 0 N–H and O–H groups in total. The molecular weight excluding hydrogens is 282 g/mol. The van der Waals surface area contributed by atoms with E-state index in [2.05, 4.69) is 27.6 Å². The topological polar surface area (TPSA) is 15.6 Å². The standard InChI is InChI=1S/C9H14FIN2/c1-9(2,3)13-7(10)4-5-12-8(13)6-11/h4-5,8H,6H2,1-3H3. The van der Waals surface area contributed by atoms with Crippen molar-refractivity contribution in [1.29, 1.82) is 0 Å². The Hall–Kier alpha value is -0.130. The van der Waals surface area contributed by atoms with E-state index in [0.717, 1.165) is 4.43 Å². The van der Waals surface area contributed by atoms with Crippen LogP contribution in [0.2, 0.25) is 0 Å². The first-order valence-corrected chi connectivity index (χ1v) is 5.73. The molecule has 13 heavy (non-hydrogen) atoms. The highest BCUT2D eigenvalue weighted by atomic mass is 127. The number of hydrogen-bond donors (Lipinski definition) is 0. The van der Waals surface area contributed by atoms with Crippen LogP contribution in [0.1, 0.15) is 20.8 Å². The molecule has 0 aliphatic carbocycles. The molecule has 1 aliphatic heterocycles. The third kappa shape index (κ3) is 2.42. The molecule has 0 bridgehead atoms. The highest BCUT2D eigenvalue weighted by Crippen LogP contribution is 2.27. The van der Waals surface area contributed by atoms with Gasteiger partial charge in [0.15, 0.2) is 5.95 Å². The summed E-state index contributed by atoms with van der Waals surface area (Å²) < 4.78 is 14.3. The van der Waals surface area contributed by atoms with E-state index in [-0.39, 0.29) is 17.7 Å². The fourth-order valence-electron chi connectivity index (χ4n) is 1.37. The third-order valence-corrected chi connectivity index (χ3v) is 2.65. The molecule has 1 rings (SSSR count). The van der Waals surface area contributed by atoms with Gasteiger partial charge in [-0.05, 0) is 20.8 Å². The van der Waals surface area contributed by atoms with E-state index in [1.54, 1.807) is 11.1 Å². The normalized spacial score (nSPS) is 23.3. The van der Waals surface area contributed by atoms with Crippen molar-refractivity contribution in [2.75, 3.05) is 4.43 Å². The number of hydrogen-bond acceptors (Lipinski definition) is 2. The van der Waals surface area contributed by atoms with Gasteiger partial charge < -0.3 is 4.90 Å².